The maximum atomic E-state index is 13.2. The van der Waals surface area contributed by atoms with E-state index in [1.165, 1.54) is 0 Å². The maximum Gasteiger partial charge on any atom is 0.357 e. The van der Waals surface area contributed by atoms with Crippen LogP contribution < -0.4 is 5.32 Å². The molecule has 30 heavy (non-hydrogen) atoms. The molecule has 0 unspecified atom stereocenters. The lowest BCUT2D eigenvalue weighted by Crippen LogP contribution is -2.14. The van der Waals surface area contributed by atoms with E-state index in [4.69, 9.17) is 9.72 Å². The van der Waals surface area contributed by atoms with Gasteiger partial charge in [-0.3, -0.25) is 14.8 Å². The van der Waals surface area contributed by atoms with E-state index in [1.54, 1.807) is 30.1 Å². The highest BCUT2D eigenvalue weighted by atomic mass is 32.1. The standard InChI is InChI=1S/C21H19N5O3S/c1-4-29-20(28)16-11-30-21(23-16)24-19(27)14-10-15(13-8-6-5-7-9-13)22-18-17(14)12(2)25-26(18)3/h5-11H,4H2,1-3H3,(H,23,24,27). The molecule has 1 amide bonds. The molecule has 0 fully saturated rings. The number of anilines is 1. The van der Waals surface area contributed by atoms with Gasteiger partial charge in [-0.2, -0.15) is 5.10 Å². The maximum absolute atomic E-state index is 13.2. The first-order valence-corrected chi connectivity index (χ1v) is 10.2. The summed E-state index contributed by atoms with van der Waals surface area (Å²) < 4.78 is 6.61. The molecule has 3 heterocycles. The Balaban J connectivity index is 1.74. The third-order valence-electron chi connectivity index (χ3n) is 4.49. The lowest BCUT2D eigenvalue weighted by Gasteiger charge is -2.08. The number of aromatic nitrogens is 4. The number of amides is 1. The van der Waals surface area contributed by atoms with Crippen LogP contribution in [0.25, 0.3) is 22.3 Å². The Labute approximate surface area is 176 Å². The number of carbonyl (C=O) groups excluding carboxylic acids is 2. The average molecular weight is 421 g/mol. The topological polar surface area (TPSA) is 99.0 Å². The summed E-state index contributed by atoms with van der Waals surface area (Å²) in [6.45, 7) is 3.82. The monoisotopic (exact) mass is 421 g/mol. The number of nitrogens with zero attached hydrogens (tertiary/aromatic N) is 4. The summed E-state index contributed by atoms with van der Waals surface area (Å²) >= 11 is 1.16. The van der Waals surface area contributed by atoms with Crippen LogP contribution in [0.3, 0.4) is 0 Å². The van der Waals surface area contributed by atoms with Crippen LogP contribution in [0.4, 0.5) is 5.13 Å². The Morgan fingerprint density at radius 2 is 1.97 bits per heavy atom. The van der Waals surface area contributed by atoms with E-state index in [9.17, 15) is 9.59 Å². The number of thiazole rings is 1. The van der Waals surface area contributed by atoms with E-state index < -0.39 is 5.97 Å². The highest BCUT2D eigenvalue weighted by molar-refractivity contribution is 7.14. The van der Waals surface area contributed by atoms with E-state index in [-0.39, 0.29) is 18.2 Å². The van der Waals surface area contributed by atoms with Gasteiger partial charge in [0.1, 0.15) is 0 Å². The summed E-state index contributed by atoms with van der Waals surface area (Å²) in [7, 11) is 1.80. The molecule has 4 aromatic rings. The molecule has 0 aliphatic rings. The van der Waals surface area contributed by atoms with E-state index in [1.807, 2.05) is 37.3 Å². The van der Waals surface area contributed by atoms with Gasteiger partial charge in [0.15, 0.2) is 16.5 Å². The van der Waals surface area contributed by atoms with Crippen molar-refractivity contribution in [2.45, 2.75) is 13.8 Å². The number of aryl methyl sites for hydroxylation is 2. The SMILES string of the molecule is CCOC(=O)c1csc(NC(=O)c2cc(-c3ccccc3)nc3c2c(C)nn3C)n1. The van der Waals surface area contributed by atoms with Gasteiger partial charge in [-0.15, -0.1) is 11.3 Å². The normalized spacial score (nSPS) is 10.9. The summed E-state index contributed by atoms with van der Waals surface area (Å²) in [5, 5.41) is 9.75. The van der Waals surface area contributed by atoms with Crippen LogP contribution in [0, 0.1) is 6.92 Å². The number of hydrogen-bond acceptors (Lipinski definition) is 7. The predicted molar refractivity (Wildman–Crippen MR) is 115 cm³/mol. The number of ether oxygens (including phenoxy) is 1. The van der Waals surface area contributed by atoms with Gasteiger partial charge in [0.2, 0.25) is 0 Å². The van der Waals surface area contributed by atoms with Crippen LogP contribution in [-0.2, 0) is 11.8 Å². The van der Waals surface area contributed by atoms with Crippen molar-refractivity contribution in [3.8, 4) is 11.3 Å². The van der Waals surface area contributed by atoms with E-state index >= 15 is 0 Å². The summed E-state index contributed by atoms with van der Waals surface area (Å²) in [5.74, 6) is -0.865. The fourth-order valence-corrected chi connectivity index (χ4v) is 3.85. The van der Waals surface area contributed by atoms with Crippen molar-refractivity contribution >= 4 is 39.4 Å². The summed E-state index contributed by atoms with van der Waals surface area (Å²) in [6, 6.07) is 11.4. The van der Waals surface area contributed by atoms with Crippen molar-refractivity contribution in [3.05, 3.63) is 58.7 Å². The highest BCUT2D eigenvalue weighted by Crippen LogP contribution is 2.28. The number of nitrogens with one attached hydrogen (secondary N) is 1. The molecule has 0 radical (unpaired) electrons. The van der Waals surface area contributed by atoms with Gasteiger partial charge >= 0.3 is 5.97 Å². The van der Waals surface area contributed by atoms with Crippen molar-refractivity contribution in [1.82, 2.24) is 19.7 Å². The summed E-state index contributed by atoms with van der Waals surface area (Å²) in [6.07, 6.45) is 0. The largest absolute Gasteiger partial charge is 0.461 e. The molecule has 0 spiro atoms. The third-order valence-corrected chi connectivity index (χ3v) is 5.25. The van der Waals surface area contributed by atoms with Crippen molar-refractivity contribution in [2.75, 3.05) is 11.9 Å². The molecule has 0 bridgehead atoms. The van der Waals surface area contributed by atoms with E-state index in [2.05, 4.69) is 15.4 Å². The number of pyridine rings is 1. The number of rotatable bonds is 5. The van der Waals surface area contributed by atoms with Crippen molar-refractivity contribution in [1.29, 1.82) is 0 Å². The second-order valence-corrected chi connectivity index (χ2v) is 7.40. The molecule has 8 nitrogen and oxygen atoms in total. The van der Waals surface area contributed by atoms with Crippen molar-refractivity contribution < 1.29 is 14.3 Å². The quantitative estimate of drug-likeness (QED) is 0.492. The fourth-order valence-electron chi connectivity index (χ4n) is 3.18. The number of hydrogen-bond donors (Lipinski definition) is 1. The zero-order valence-electron chi connectivity index (χ0n) is 16.7. The number of esters is 1. The van der Waals surface area contributed by atoms with Gasteiger partial charge in [0.25, 0.3) is 5.91 Å². The molecule has 0 aliphatic heterocycles. The molecular formula is C21H19N5O3S. The Hall–Kier alpha value is -3.59. The molecule has 1 N–H and O–H groups in total. The first-order valence-electron chi connectivity index (χ1n) is 9.31. The molecule has 0 saturated heterocycles. The smallest absolute Gasteiger partial charge is 0.357 e. The molecule has 0 aliphatic carbocycles. The van der Waals surface area contributed by atoms with Gasteiger partial charge in [-0.1, -0.05) is 30.3 Å². The lowest BCUT2D eigenvalue weighted by molar-refractivity contribution is 0.0520. The Bertz CT molecular complexity index is 1250. The fraction of sp³-hybridized carbons (Fsp3) is 0.190. The first kappa shape index (κ1) is 19.7. The molecule has 0 atom stereocenters. The molecule has 3 aromatic heterocycles. The molecule has 4 rings (SSSR count). The number of carbonyl (C=O) groups is 2. The zero-order valence-corrected chi connectivity index (χ0v) is 17.5. The average Bonchev–Trinajstić information content (AvgIpc) is 3.32. The van der Waals surface area contributed by atoms with Gasteiger partial charge in [0.05, 0.1) is 28.9 Å². The zero-order chi connectivity index (χ0) is 21.3. The number of fused-ring (bicyclic) bond motifs is 1. The predicted octanol–water partition coefficient (Wildman–Crippen LogP) is 3.83. The molecule has 152 valence electrons. The molecule has 1 aromatic carbocycles. The molecule has 0 saturated carbocycles. The first-order chi connectivity index (χ1) is 14.5. The Kier molecular flexibility index (Phi) is 5.28. The minimum atomic E-state index is -0.519. The molecular weight excluding hydrogens is 402 g/mol. The Morgan fingerprint density at radius 3 is 2.70 bits per heavy atom. The van der Waals surface area contributed by atoms with Crippen LogP contribution in [0.2, 0.25) is 0 Å². The second kappa shape index (κ2) is 8.03. The third kappa shape index (κ3) is 3.67. The van der Waals surface area contributed by atoms with Gasteiger partial charge in [-0.05, 0) is 19.9 Å². The highest BCUT2D eigenvalue weighted by Gasteiger charge is 2.21. The minimum Gasteiger partial charge on any atom is -0.461 e. The van der Waals surface area contributed by atoms with Gasteiger partial charge in [-0.25, -0.2) is 14.8 Å². The van der Waals surface area contributed by atoms with E-state index in [0.717, 1.165) is 16.9 Å². The number of benzene rings is 1. The van der Waals surface area contributed by atoms with Crippen LogP contribution in [0.15, 0.2) is 41.8 Å². The van der Waals surface area contributed by atoms with E-state index in [0.29, 0.717) is 33.1 Å². The van der Waals surface area contributed by atoms with Gasteiger partial charge in [0, 0.05) is 18.0 Å². The second-order valence-electron chi connectivity index (χ2n) is 6.54. The minimum absolute atomic E-state index is 0.166. The summed E-state index contributed by atoms with van der Waals surface area (Å²) in [5.41, 5.74) is 3.49. The lowest BCUT2D eigenvalue weighted by atomic mass is 10.1. The van der Waals surface area contributed by atoms with Crippen LogP contribution in [0.5, 0.6) is 0 Å². The molecule has 9 heteroatoms. The van der Waals surface area contributed by atoms with Crippen molar-refractivity contribution in [2.24, 2.45) is 7.05 Å². The van der Waals surface area contributed by atoms with Crippen LogP contribution in [0.1, 0.15) is 33.5 Å². The van der Waals surface area contributed by atoms with Crippen LogP contribution in [-0.4, -0.2) is 38.2 Å². The Morgan fingerprint density at radius 1 is 1.20 bits per heavy atom. The van der Waals surface area contributed by atoms with Crippen molar-refractivity contribution in [3.63, 3.8) is 0 Å². The van der Waals surface area contributed by atoms with Gasteiger partial charge < -0.3 is 4.74 Å². The summed E-state index contributed by atoms with van der Waals surface area (Å²) in [4.78, 5) is 33.8. The van der Waals surface area contributed by atoms with Crippen LogP contribution >= 0.6 is 11.3 Å².